The number of aryl methyl sites for hydroxylation is 1. The summed E-state index contributed by atoms with van der Waals surface area (Å²) in [6.07, 6.45) is 8.48. The molecule has 230 valence electrons. The number of halogens is 2. The monoisotopic (exact) mass is 642 g/mol. The molecule has 1 heterocycles. The van der Waals surface area contributed by atoms with E-state index in [4.69, 9.17) is 32.7 Å². The number of carbonyl (C=O) groups excluding carboxylic acids is 2. The van der Waals surface area contributed by atoms with E-state index < -0.39 is 27.9 Å². The summed E-state index contributed by atoms with van der Waals surface area (Å²) >= 11 is 12.8. The van der Waals surface area contributed by atoms with Crippen LogP contribution in [0.25, 0.3) is 0 Å². The van der Waals surface area contributed by atoms with E-state index in [-0.39, 0.29) is 31.6 Å². The molecule has 9 heteroatoms. The highest BCUT2D eigenvalue weighted by Gasteiger charge is 2.46. The van der Waals surface area contributed by atoms with E-state index in [1.165, 1.54) is 0 Å². The Morgan fingerprint density at radius 3 is 2.47 bits per heavy atom. The molecule has 0 saturated carbocycles. The second-order valence-corrected chi connectivity index (χ2v) is 17.1. The van der Waals surface area contributed by atoms with Gasteiger partial charge in [-0.1, -0.05) is 71.8 Å². The highest BCUT2D eigenvalue weighted by molar-refractivity contribution is 8.32. The zero-order valence-corrected chi connectivity index (χ0v) is 27.5. The fourth-order valence-electron chi connectivity index (χ4n) is 5.27. The molecule has 3 atom stereocenters. The maximum atomic E-state index is 14.9. The molecule has 3 aromatic rings. The van der Waals surface area contributed by atoms with E-state index in [1.54, 1.807) is 29.2 Å². The number of amides is 2. The topological polar surface area (TPSA) is 67.9 Å². The van der Waals surface area contributed by atoms with Gasteiger partial charge in [-0.15, -0.1) is 0 Å². The van der Waals surface area contributed by atoms with Crippen LogP contribution in [0.1, 0.15) is 35.1 Å². The molecule has 6 nitrogen and oxygen atoms in total. The number of nitrogens with zero attached hydrogens (tertiary/aromatic N) is 1. The van der Waals surface area contributed by atoms with Crippen LogP contribution in [0.2, 0.25) is 10.0 Å². The van der Waals surface area contributed by atoms with Crippen molar-refractivity contribution in [1.29, 1.82) is 0 Å². The fourth-order valence-corrected chi connectivity index (χ4v) is 6.28. The standard InChI is InChI=1S/C34H40Cl2N2O4S/c1-6-15-42-30-14-13-23(2)18-29(30)33-32(28(21-31(39)37-33)24-9-7-10-25(35)19-24)34(40)38(22-41-16-17-43(3,4)5)27-12-8-11-26(36)20-27/h6-14,18-20,28,32-33H,1,15-17,21-22H2,2-5H3,(H,37,39)/t28-,32?,33+/m0/s1. The fraction of sp³-hybridized carbons (Fsp3) is 0.353. The van der Waals surface area contributed by atoms with Crippen LogP contribution in [-0.2, 0) is 14.3 Å². The van der Waals surface area contributed by atoms with Gasteiger partial charge in [0.1, 0.15) is 19.1 Å². The molecule has 1 aliphatic heterocycles. The molecule has 1 N–H and O–H groups in total. The van der Waals surface area contributed by atoms with Crippen LogP contribution in [0.15, 0.2) is 79.4 Å². The Kier molecular flexibility index (Phi) is 11.2. The number of piperidine rings is 1. The molecule has 1 saturated heterocycles. The van der Waals surface area contributed by atoms with Gasteiger partial charge < -0.3 is 14.8 Å². The first kappa shape index (κ1) is 32.9. The van der Waals surface area contributed by atoms with Gasteiger partial charge in [0, 0.05) is 39.4 Å². The Labute approximate surface area is 266 Å². The highest BCUT2D eigenvalue weighted by Crippen LogP contribution is 2.45. The molecule has 3 aromatic carbocycles. The van der Waals surface area contributed by atoms with Gasteiger partial charge in [0.15, 0.2) is 0 Å². The Morgan fingerprint density at radius 2 is 1.79 bits per heavy atom. The zero-order valence-electron chi connectivity index (χ0n) is 25.1. The molecule has 1 fully saturated rings. The Morgan fingerprint density at radius 1 is 1.07 bits per heavy atom. The second kappa shape index (κ2) is 14.7. The first-order chi connectivity index (χ1) is 20.5. The van der Waals surface area contributed by atoms with E-state index in [9.17, 15) is 9.59 Å². The third kappa shape index (κ3) is 8.79. The van der Waals surface area contributed by atoms with Crippen molar-refractivity contribution in [2.75, 3.05) is 49.4 Å². The molecule has 0 spiro atoms. The first-order valence-corrected chi connectivity index (χ1v) is 17.9. The van der Waals surface area contributed by atoms with Crippen molar-refractivity contribution < 1.29 is 19.1 Å². The predicted molar refractivity (Wildman–Crippen MR) is 180 cm³/mol. The molecule has 0 bridgehead atoms. The van der Waals surface area contributed by atoms with Crippen molar-refractivity contribution in [3.8, 4) is 5.75 Å². The van der Waals surface area contributed by atoms with E-state index in [2.05, 4.69) is 30.7 Å². The summed E-state index contributed by atoms with van der Waals surface area (Å²) in [7, 11) is -0.781. The average molecular weight is 644 g/mol. The molecule has 2 amide bonds. The lowest BCUT2D eigenvalue weighted by Crippen LogP contribution is -2.51. The number of hydrogen-bond acceptors (Lipinski definition) is 4. The van der Waals surface area contributed by atoms with E-state index >= 15 is 0 Å². The van der Waals surface area contributed by atoms with Crippen LogP contribution in [0.5, 0.6) is 5.75 Å². The molecule has 0 aliphatic carbocycles. The Balaban J connectivity index is 1.83. The second-order valence-electron chi connectivity index (χ2n) is 11.7. The molecule has 0 radical (unpaired) electrons. The predicted octanol–water partition coefficient (Wildman–Crippen LogP) is 7.53. The van der Waals surface area contributed by atoms with Gasteiger partial charge in [-0.25, -0.2) is 10.0 Å². The SMILES string of the molecule is C=CCOc1ccc(C)cc1[C@H]1NC(=O)C[C@@H](c2cccc(Cl)c2)C1C(=O)N(COCCS(C)(C)C)c1cccc(Cl)c1. The van der Waals surface area contributed by atoms with Crippen molar-refractivity contribution in [1.82, 2.24) is 5.32 Å². The summed E-state index contributed by atoms with van der Waals surface area (Å²) in [6, 6.07) is 19.7. The van der Waals surface area contributed by atoms with Gasteiger partial charge in [-0.05, 0) is 67.7 Å². The van der Waals surface area contributed by atoms with Crippen molar-refractivity contribution in [2.45, 2.75) is 25.3 Å². The lowest BCUT2D eigenvalue weighted by atomic mass is 9.73. The molecule has 0 aromatic heterocycles. The minimum Gasteiger partial charge on any atom is -0.489 e. The van der Waals surface area contributed by atoms with E-state index in [0.29, 0.717) is 28.1 Å². The van der Waals surface area contributed by atoms with Crippen molar-refractivity contribution in [3.63, 3.8) is 0 Å². The van der Waals surface area contributed by atoms with Gasteiger partial charge in [-0.2, -0.15) is 0 Å². The van der Waals surface area contributed by atoms with Crippen molar-refractivity contribution in [2.24, 2.45) is 5.92 Å². The largest absolute Gasteiger partial charge is 0.489 e. The minimum absolute atomic E-state index is 0.0434. The van der Waals surface area contributed by atoms with Gasteiger partial charge in [0.2, 0.25) is 11.8 Å². The third-order valence-electron chi connectivity index (χ3n) is 7.38. The van der Waals surface area contributed by atoms with Crippen LogP contribution < -0.4 is 15.0 Å². The van der Waals surface area contributed by atoms with Crippen molar-refractivity contribution in [3.05, 3.63) is 106 Å². The summed E-state index contributed by atoms with van der Waals surface area (Å²) in [4.78, 5) is 29.9. The minimum atomic E-state index is -0.781. The van der Waals surface area contributed by atoms with Crippen LogP contribution in [0, 0.1) is 12.8 Å². The number of rotatable bonds is 12. The normalized spacial score (nSPS) is 18.9. The van der Waals surface area contributed by atoms with Crippen LogP contribution in [0.4, 0.5) is 5.69 Å². The number of ether oxygens (including phenoxy) is 2. The Hall–Kier alpha value is -2.97. The smallest absolute Gasteiger partial charge is 0.235 e. The Bertz CT molecular complexity index is 1460. The lowest BCUT2D eigenvalue weighted by Gasteiger charge is -2.41. The first-order valence-electron chi connectivity index (χ1n) is 14.2. The number of benzene rings is 3. The van der Waals surface area contributed by atoms with E-state index in [0.717, 1.165) is 22.4 Å². The third-order valence-corrected chi connectivity index (χ3v) is 9.24. The number of carbonyl (C=O) groups is 2. The molecule has 1 aliphatic rings. The average Bonchev–Trinajstić information content (AvgIpc) is 2.95. The quantitative estimate of drug-likeness (QED) is 0.126. The van der Waals surface area contributed by atoms with Crippen LogP contribution in [0.3, 0.4) is 0 Å². The van der Waals surface area contributed by atoms with Crippen LogP contribution in [-0.4, -0.2) is 56.3 Å². The summed E-state index contributed by atoms with van der Waals surface area (Å²) in [5, 5.41) is 4.18. The molecular weight excluding hydrogens is 603 g/mol. The van der Waals surface area contributed by atoms with Gasteiger partial charge in [0.25, 0.3) is 0 Å². The maximum absolute atomic E-state index is 14.9. The van der Waals surface area contributed by atoms with E-state index in [1.807, 2.05) is 55.5 Å². The zero-order chi connectivity index (χ0) is 31.1. The van der Waals surface area contributed by atoms with Crippen molar-refractivity contribution >= 4 is 50.7 Å². The van der Waals surface area contributed by atoms with Gasteiger partial charge in [-0.3, -0.25) is 14.5 Å². The number of hydrogen-bond donors (Lipinski definition) is 1. The van der Waals surface area contributed by atoms with Gasteiger partial charge >= 0.3 is 0 Å². The summed E-state index contributed by atoms with van der Waals surface area (Å²) in [6.45, 7) is 6.59. The molecule has 1 unspecified atom stereocenters. The highest BCUT2D eigenvalue weighted by atomic mass is 35.5. The summed E-state index contributed by atoms with van der Waals surface area (Å²) in [5.41, 5.74) is 3.14. The molecule has 43 heavy (non-hydrogen) atoms. The molecular formula is C34H40Cl2N2O4S. The van der Waals surface area contributed by atoms with Gasteiger partial charge in [0.05, 0.1) is 18.6 Å². The number of nitrogens with one attached hydrogen (secondary N) is 1. The summed E-state index contributed by atoms with van der Waals surface area (Å²) in [5.74, 6) is -0.0340. The number of anilines is 1. The van der Waals surface area contributed by atoms with Crippen LogP contribution >= 0.6 is 33.2 Å². The summed E-state index contributed by atoms with van der Waals surface area (Å²) < 4.78 is 12.2. The maximum Gasteiger partial charge on any atom is 0.235 e. The lowest BCUT2D eigenvalue weighted by molar-refractivity contribution is -0.131. The molecule has 4 rings (SSSR count).